The molecule has 0 aromatic heterocycles. The molecule has 2 bridgehead atoms. The van der Waals surface area contributed by atoms with Crippen LogP contribution in [0.15, 0.2) is 0 Å². The summed E-state index contributed by atoms with van der Waals surface area (Å²) in [5.41, 5.74) is 0. The maximum absolute atomic E-state index is 12.3. The monoisotopic (exact) mass is 796 g/mol. The van der Waals surface area contributed by atoms with Gasteiger partial charge in [0.2, 0.25) is 0 Å². The van der Waals surface area contributed by atoms with Crippen molar-refractivity contribution >= 4 is 63.4 Å². The van der Waals surface area contributed by atoms with Crippen LogP contribution in [0.3, 0.4) is 0 Å². The van der Waals surface area contributed by atoms with E-state index in [4.69, 9.17) is 9.47 Å². The number of rotatable bonds is 4. The third kappa shape index (κ3) is 4.94. The molecule has 0 radical (unpaired) electrons. The van der Waals surface area contributed by atoms with Gasteiger partial charge in [0, 0.05) is 5.92 Å². The van der Waals surface area contributed by atoms with Gasteiger partial charge in [-0.3, -0.25) is 22.3 Å². The summed E-state index contributed by atoms with van der Waals surface area (Å²) in [7, 11) is 0. The van der Waals surface area contributed by atoms with Gasteiger partial charge in [-0.2, -0.15) is 0 Å². The average molecular weight is 796 g/mol. The maximum Gasteiger partial charge on any atom is 2.00 e. The van der Waals surface area contributed by atoms with Gasteiger partial charge in [0.05, 0.1) is 5.92 Å². The minimum atomic E-state index is -0.262. The largest absolute Gasteiger partial charge is 2.00 e. The molecule has 4 rings (SSSR count). The van der Waals surface area contributed by atoms with E-state index in [0.29, 0.717) is 0 Å². The average Bonchev–Trinajstić information content (AvgIpc) is 3.31. The summed E-state index contributed by atoms with van der Waals surface area (Å²) < 4.78 is 11.8. The SMILES string of the molecule is O=C(OC1CCCC1)C1C2[CH-]C3OC(=O)C1C3C2.O=[C-]C(I)CI.[U+2]. The molecule has 3 saturated carbocycles. The minimum Gasteiger partial charge on any atom is -0.541 e. The molecule has 3 aliphatic carbocycles. The fourth-order valence-corrected chi connectivity index (χ4v) is 4.51. The molecular weight excluding hydrogens is 776 g/mol. The number of hydrogen-bond acceptors (Lipinski definition) is 5. The van der Waals surface area contributed by atoms with Crippen LogP contribution in [0.1, 0.15) is 32.1 Å². The van der Waals surface area contributed by atoms with Gasteiger partial charge in [-0.05, 0) is 42.1 Å². The van der Waals surface area contributed by atoms with Crippen LogP contribution in [0.2, 0.25) is 0 Å². The fraction of sp³-hybridized carbons (Fsp3) is 0.765. The molecule has 0 N–H and O–H groups in total. The molecule has 1 heterocycles. The Labute approximate surface area is 199 Å². The van der Waals surface area contributed by atoms with Crippen LogP contribution in [0, 0.1) is 61.2 Å². The van der Waals surface area contributed by atoms with E-state index in [-0.39, 0.29) is 82.9 Å². The zero-order valence-electron chi connectivity index (χ0n) is 13.7. The molecule has 5 nitrogen and oxygen atoms in total. The van der Waals surface area contributed by atoms with Gasteiger partial charge in [0.25, 0.3) is 0 Å². The molecular formula is C17H20I2O5U. The zero-order valence-corrected chi connectivity index (χ0v) is 22.1. The molecule has 6 atom stereocenters. The first-order valence-electron chi connectivity index (χ1n) is 8.38. The zero-order chi connectivity index (χ0) is 17.3. The Balaban J connectivity index is 0.000000283. The molecule has 0 amide bonds. The van der Waals surface area contributed by atoms with Crippen LogP contribution in [-0.2, 0) is 23.9 Å². The van der Waals surface area contributed by atoms with E-state index in [9.17, 15) is 14.4 Å². The Kier molecular flexibility index (Phi) is 9.02. The molecule has 0 aromatic rings. The molecule has 4 aliphatic rings. The summed E-state index contributed by atoms with van der Waals surface area (Å²) in [6, 6.07) is 0. The van der Waals surface area contributed by atoms with Crippen LogP contribution >= 0.6 is 45.2 Å². The van der Waals surface area contributed by atoms with Gasteiger partial charge in [0.15, 0.2) is 0 Å². The van der Waals surface area contributed by atoms with Crippen molar-refractivity contribution in [3.05, 3.63) is 6.42 Å². The summed E-state index contributed by atoms with van der Waals surface area (Å²) in [5.74, 6) is -0.391. The van der Waals surface area contributed by atoms with Crippen LogP contribution in [0.25, 0.3) is 0 Å². The van der Waals surface area contributed by atoms with Crippen LogP contribution in [0.5, 0.6) is 0 Å². The van der Waals surface area contributed by atoms with Gasteiger partial charge in [-0.15, -0.1) is 28.5 Å². The van der Waals surface area contributed by atoms with Crippen LogP contribution < -0.4 is 0 Å². The van der Waals surface area contributed by atoms with Crippen LogP contribution in [-0.4, -0.2) is 38.8 Å². The number of alkyl halides is 2. The Bertz CT molecular complexity index is 509. The van der Waals surface area contributed by atoms with Crippen molar-refractivity contribution in [1.82, 2.24) is 0 Å². The summed E-state index contributed by atoms with van der Waals surface area (Å²) in [5, 5.41) is 0. The maximum atomic E-state index is 12.3. The second kappa shape index (κ2) is 10.1. The third-order valence-corrected chi connectivity index (χ3v) is 8.62. The van der Waals surface area contributed by atoms with E-state index in [2.05, 4.69) is 22.6 Å². The van der Waals surface area contributed by atoms with Gasteiger partial charge >= 0.3 is 43.1 Å². The van der Waals surface area contributed by atoms with Crippen molar-refractivity contribution < 1.29 is 55.0 Å². The third-order valence-electron chi connectivity index (χ3n) is 5.36. The normalized spacial score (nSPS) is 36.1. The summed E-state index contributed by atoms with van der Waals surface area (Å²) in [6.07, 6.45) is 9.13. The quantitative estimate of drug-likeness (QED) is 0.190. The summed E-state index contributed by atoms with van der Waals surface area (Å²) >= 11 is 4.18. The predicted octanol–water partition coefficient (Wildman–Crippen LogP) is 2.82. The van der Waals surface area contributed by atoms with E-state index in [1.807, 2.05) is 35.3 Å². The van der Waals surface area contributed by atoms with Crippen molar-refractivity contribution in [3.8, 4) is 0 Å². The van der Waals surface area contributed by atoms with E-state index in [0.717, 1.165) is 36.5 Å². The summed E-state index contributed by atoms with van der Waals surface area (Å²) in [4.78, 5) is 33.7. The van der Waals surface area contributed by atoms with Crippen molar-refractivity contribution in [2.45, 2.75) is 48.2 Å². The molecule has 6 unspecified atom stereocenters. The number of halogens is 2. The van der Waals surface area contributed by atoms with E-state index < -0.39 is 0 Å². The Morgan fingerprint density at radius 1 is 1.40 bits per heavy atom. The minimum absolute atomic E-state index is 0. The Morgan fingerprint density at radius 3 is 2.64 bits per heavy atom. The van der Waals surface area contributed by atoms with E-state index in [1.54, 1.807) is 0 Å². The van der Waals surface area contributed by atoms with Crippen molar-refractivity contribution in [2.75, 3.05) is 4.43 Å². The topological polar surface area (TPSA) is 69.7 Å². The van der Waals surface area contributed by atoms with E-state index in [1.165, 1.54) is 0 Å². The molecule has 0 aromatic carbocycles. The molecule has 1 aliphatic heterocycles. The molecule has 136 valence electrons. The van der Waals surface area contributed by atoms with E-state index >= 15 is 0 Å². The Morgan fingerprint density at radius 2 is 2.08 bits per heavy atom. The number of hydrogen-bond donors (Lipinski definition) is 0. The fourth-order valence-electron chi connectivity index (χ4n) is 4.33. The number of ether oxygens (including phenoxy) is 2. The predicted molar refractivity (Wildman–Crippen MR) is 103 cm³/mol. The first kappa shape index (κ1) is 22.4. The second-order valence-electron chi connectivity index (χ2n) is 6.79. The van der Waals surface area contributed by atoms with Gasteiger partial charge in [-0.1, -0.05) is 32.9 Å². The number of carbonyl (C=O) groups excluding carboxylic acids is 3. The van der Waals surface area contributed by atoms with Gasteiger partial charge in [0.1, 0.15) is 6.10 Å². The Hall–Kier alpha value is 1.12. The van der Waals surface area contributed by atoms with Crippen molar-refractivity contribution in [3.63, 3.8) is 0 Å². The summed E-state index contributed by atoms with van der Waals surface area (Å²) in [6.45, 7) is 0. The van der Waals surface area contributed by atoms with Crippen LogP contribution in [0.4, 0.5) is 0 Å². The first-order valence-corrected chi connectivity index (χ1v) is 11.2. The second-order valence-corrected chi connectivity index (χ2v) is 9.18. The van der Waals surface area contributed by atoms with Crippen molar-refractivity contribution in [2.24, 2.45) is 23.7 Å². The smallest absolute Gasteiger partial charge is 0.541 e. The molecule has 8 heteroatoms. The molecule has 4 fully saturated rings. The van der Waals surface area contributed by atoms with Gasteiger partial charge < -0.3 is 14.3 Å². The number of fused-ring (bicyclic) bond motifs is 1. The van der Waals surface area contributed by atoms with Gasteiger partial charge in [-0.25, -0.2) is 0 Å². The first-order chi connectivity index (χ1) is 11.5. The number of carbonyl (C=O) groups is 2. The molecule has 1 saturated heterocycles. The number of esters is 2. The molecule has 0 spiro atoms. The van der Waals surface area contributed by atoms with Crippen molar-refractivity contribution in [1.29, 1.82) is 0 Å². The molecule has 25 heavy (non-hydrogen) atoms. The standard InChI is InChI=1S/C14H17O4.C3H3I2O.U/c15-13(17-8-3-1-2-4-8)11-7-5-9-10(6-7)18-14(16)12(9)11;4-1-3(5)2-6;/h6-12H,1-5H2;3H,1H2;/q2*-1;+2.